The van der Waals surface area contributed by atoms with Crippen LogP contribution in [0.3, 0.4) is 0 Å². The van der Waals surface area contributed by atoms with E-state index in [-0.39, 0.29) is 0 Å². The van der Waals surface area contributed by atoms with Crippen LogP contribution in [0.15, 0.2) is 0 Å². The Hall–Kier alpha value is -0.0800. The molecule has 2 nitrogen and oxygen atoms in total. The third-order valence-corrected chi connectivity index (χ3v) is 0.730. The van der Waals surface area contributed by atoms with Crippen molar-refractivity contribution in [2.24, 2.45) is 0 Å². The third-order valence-electron chi connectivity index (χ3n) is 0.730. The molecule has 0 spiro atoms. The van der Waals surface area contributed by atoms with Gasteiger partial charge in [0, 0.05) is 13.1 Å². The van der Waals surface area contributed by atoms with Crippen LogP contribution in [0.4, 0.5) is 0 Å². The Morgan fingerprint density at radius 3 is 1.10 bits per heavy atom. The highest BCUT2D eigenvalue weighted by Gasteiger charge is 1.84. The Labute approximate surface area is 65.8 Å². The molecule has 0 unspecified atom stereocenters. The first-order valence-corrected chi connectivity index (χ1v) is 4.25. The zero-order valence-corrected chi connectivity index (χ0v) is 8.31. The number of rotatable bonds is 2. The SMILES string of the molecule is CC.CC.CCN(O)CC. The predicted octanol–water partition coefficient (Wildman–Crippen LogP) is 2.77. The second-order valence-corrected chi connectivity index (χ2v) is 1.14. The van der Waals surface area contributed by atoms with Gasteiger partial charge in [-0.05, 0) is 0 Å². The van der Waals surface area contributed by atoms with Gasteiger partial charge in [0.05, 0.1) is 0 Å². The molecule has 0 atom stereocenters. The quantitative estimate of drug-likeness (QED) is 0.610. The summed E-state index contributed by atoms with van der Waals surface area (Å²) in [4.78, 5) is 0. The molecule has 0 saturated heterocycles. The average molecular weight is 149 g/mol. The van der Waals surface area contributed by atoms with Crippen molar-refractivity contribution in [1.29, 1.82) is 0 Å². The van der Waals surface area contributed by atoms with Crippen LogP contribution in [0.5, 0.6) is 0 Å². The largest absolute Gasteiger partial charge is 0.314 e. The molecule has 0 amide bonds. The number of hydrogen-bond acceptors (Lipinski definition) is 2. The Morgan fingerprint density at radius 2 is 1.10 bits per heavy atom. The average Bonchev–Trinajstić information content (AvgIpc) is 2.10. The highest BCUT2D eigenvalue weighted by atomic mass is 16.5. The van der Waals surface area contributed by atoms with Crippen LogP contribution in [0.2, 0.25) is 0 Å². The molecule has 0 aliphatic heterocycles. The molecule has 1 N–H and O–H groups in total. The Balaban J connectivity index is -0.000000105. The number of nitrogens with zero attached hydrogens (tertiary/aromatic N) is 1. The van der Waals surface area contributed by atoms with Crippen molar-refractivity contribution in [3.8, 4) is 0 Å². The molecular weight excluding hydrogens is 126 g/mol. The summed E-state index contributed by atoms with van der Waals surface area (Å²) < 4.78 is 0. The van der Waals surface area contributed by atoms with Gasteiger partial charge < -0.3 is 5.21 Å². The second kappa shape index (κ2) is 23.1. The zero-order valence-electron chi connectivity index (χ0n) is 8.31. The lowest BCUT2D eigenvalue weighted by molar-refractivity contribution is -0.0813. The molecule has 0 saturated carbocycles. The summed E-state index contributed by atoms with van der Waals surface area (Å²) in [5.41, 5.74) is 0. The van der Waals surface area contributed by atoms with Gasteiger partial charge in [-0.15, -0.1) is 0 Å². The summed E-state index contributed by atoms with van der Waals surface area (Å²) in [7, 11) is 0. The zero-order chi connectivity index (χ0) is 8.99. The number of hydroxylamine groups is 2. The summed E-state index contributed by atoms with van der Waals surface area (Å²) >= 11 is 0. The van der Waals surface area contributed by atoms with Crippen molar-refractivity contribution in [1.82, 2.24) is 5.06 Å². The van der Waals surface area contributed by atoms with Gasteiger partial charge in [-0.3, -0.25) is 0 Å². The normalized spacial score (nSPS) is 7.20. The molecule has 0 fully saturated rings. The lowest BCUT2D eigenvalue weighted by atomic mass is 10.6. The Bertz CT molecular complexity index is 28.4. The van der Waals surface area contributed by atoms with Crippen LogP contribution in [0, 0.1) is 0 Å². The van der Waals surface area contributed by atoms with Crippen LogP contribution >= 0.6 is 0 Å². The highest BCUT2D eigenvalue weighted by molar-refractivity contribution is 4.26. The van der Waals surface area contributed by atoms with E-state index in [2.05, 4.69) is 0 Å². The van der Waals surface area contributed by atoms with Gasteiger partial charge in [0.25, 0.3) is 0 Å². The molecule has 0 aromatic carbocycles. The molecule has 66 valence electrons. The van der Waals surface area contributed by atoms with Crippen LogP contribution in [-0.2, 0) is 0 Å². The maximum absolute atomic E-state index is 8.50. The fourth-order valence-electron chi connectivity index (χ4n) is 0.224. The molecular formula is C8H23NO. The lowest BCUT2D eigenvalue weighted by Gasteiger charge is -2.05. The molecule has 0 aliphatic carbocycles. The predicted molar refractivity (Wildman–Crippen MR) is 47.4 cm³/mol. The van der Waals surface area contributed by atoms with Crippen molar-refractivity contribution < 1.29 is 5.21 Å². The minimum absolute atomic E-state index is 0.719. The van der Waals surface area contributed by atoms with E-state index in [1.807, 2.05) is 41.5 Å². The molecule has 0 aromatic rings. The van der Waals surface area contributed by atoms with Crippen LogP contribution < -0.4 is 0 Å². The van der Waals surface area contributed by atoms with Gasteiger partial charge in [0.2, 0.25) is 0 Å². The van der Waals surface area contributed by atoms with E-state index in [9.17, 15) is 0 Å². The van der Waals surface area contributed by atoms with Crippen molar-refractivity contribution in [3.63, 3.8) is 0 Å². The van der Waals surface area contributed by atoms with E-state index in [0.29, 0.717) is 0 Å². The van der Waals surface area contributed by atoms with E-state index in [1.165, 1.54) is 5.06 Å². The van der Waals surface area contributed by atoms with Gasteiger partial charge in [-0.25, -0.2) is 0 Å². The van der Waals surface area contributed by atoms with Gasteiger partial charge in [0.15, 0.2) is 0 Å². The topological polar surface area (TPSA) is 23.5 Å². The standard InChI is InChI=1S/C4H11NO.2C2H6/c1-3-5(6)4-2;2*1-2/h6H,3-4H2,1-2H3;2*1-2H3. The summed E-state index contributed by atoms with van der Waals surface area (Å²) in [6.07, 6.45) is 0. The van der Waals surface area contributed by atoms with Gasteiger partial charge >= 0.3 is 0 Å². The molecule has 0 heterocycles. The molecule has 10 heavy (non-hydrogen) atoms. The van der Waals surface area contributed by atoms with Crippen molar-refractivity contribution in [2.75, 3.05) is 13.1 Å². The van der Waals surface area contributed by atoms with Crippen LogP contribution in [0.1, 0.15) is 41.5 Å². The summed E-state index contributed by atoms with van der Waals surface area (Å²) in [6, 6.07) is 0. The van der Waals surface area contributed by atoms with E-state index < -0.39 is 0 Å². The maximum atomic E-state index is 8.50. The second-order valence-electron chi connectivity index (χ2n) is 1.14. The first-order chi connectivity index (χ1) is 4.81. The molecule has 0 rings (SSSR count). The minimum Gasteiger partial charge on any atom is -0.314 e. The first-order valence-electron chi connectivity index (χ1n) is 4.25. The van der Waals surface area contributed by atoms with E-state index in [0.717, 1.165) is 13.1 Å². The summed E-state index contributed by atoms with van der Waals surface area (Å²) in [5.74, 6) is 0. The fraction of sp³-hybridized carbons (Fsp3) is 1.00. The summed E-state index contributed by atoms with van der Waals surface area (Å²) in [5, 5.41) is 9.75. The third kappa shape index (κ3) is 24.7. The Morgan fingerprint density at radius 1 is 0.900 bits per heavy atom. The van der Waals surface area contributed by atoms with Gasteiger partial charge in [-0.1, -0.05) is 41.5 Å². The van der Waals surface area contributed by atoms with Crippen LogP contribution in [-0.4, -0.2) is 23.4 Å². The number of hydrogen-bond donors (Lipinski definition) is 1. The fourth-order valence-corrected chi connectivity index (χ4v) is 0.224. The van der Waals surface area contributed by atoms with E-state index in [1.54, 1.807) is 0 Å². The molecule has 0 aliphatic rings. The lowest BCUT2D eigenvalue weighted by Crippen LogP contribution is -2.16. The first kappa shape index (κ1) is 16.5. The van der Waals surface area contributed by atoms with Gasteiger partial charge in [-0.2, -0.15) is 5.06 Å². The summed E-state index contributed by atoms with van der Waals surface area (Å²) in [6.45, 7) is 13.2. The molecule has 2 heteroatoms. The smallest absolute Gasteiger partial charge is 0.0209 e. The van der Waals surface area contributed by atoms with Crippen molar-refractivity contribution in [3.05, 3.63) is 0 Å². The van der Waals surface area contributed by atoms with Gasteiger partial charge in [0.1, 0.15) is 0 Å². The molecule has 0 radical (unpaired) electrons. The van der Waals surface area contributed by atoms with Crippen LogP contribution in [0.25, 0.3) is 0 Å². The van der Waals surface area contributed by atoms with Crippen molar-refractivity contribution in [2.45, 2.75) is 41.5 Å². The van der Waals surface area contributed by atoms with E-state index in [4.69, 9.17) is 5.21 Å². The van der Waals surface area contributed by atoms with Crippen molar-refractivity contribution >= 4 is 0 Å². The maximum Gasteiger partial charge on any atom is 0.0209 e. The molecule has 0 aromatic heterocycles. The Kier molecular flexibility index (Phi) is 38.1. The molecule has 0 bridgehead atoms. The minimum atomic E-state index is 0.719. The monoisotopic (exact) mass is 149 g/mol. The van der Waals surface area contributed by atoms with E-state index >= 15 is 0 Å². The highest BCUT2D eigenvalue weighted by Crippen LogP contribution is 1.73.